The fraction of sp³-hybridized carbons (Fsp3) is 0.250. The quantitative estimate of drug-likeness (QED) is 0.326. The number of aromatic nitrogens is 1. The average Bonchev–Trinajstić information content (AvgIpc) is 3.51. The molecule has 2 aromatic carbocycles. The van der Waals surface area contributed by atoms with E-state index in [1.54, 1.807) is 19.1 Å². The molecule has 2 amide bonds. The minimum Gasteiger partial charge on any atom is -0.355 e. The lowest BCUT2D eigenvalue weighted by Gasteiger charge is -2.13. The Balaban J connectivity index is 1.33. The highest BCUT2D eigenvalue weighted by molar-refractivity contribution is 7.17. The van der Waals surface area contributed by atoms with Gasteiger partial charge in [-0.15, -0.1) is 11.3 Å². The monoisotopic (exact) mass is 503 g/mol. The van der Waals surface area contributed by atoms with Crippen molar-refractivity contribution in [2.75, 3.05) is 11.9 Å². The molecule has 6 nitrogen and oxygen atoms in total. The van der Waals surface area contributed by atoms with Gasteiger partial charge in [-0.25, -0.2) is 4.39 Å². The number of hydrogen-bond acceptors (Lipinski definition) is 5. The van der Waals surface area contributed by atoms with Gasteiger partial charge in [0.15, 0.2) is 11.5 Å². The molecule has 0 spiro atoms. The molecule has 2 heterocycles. The van der Waals surface area contributed by atoms with Crippen LogP contribution in [-0.2, 0) is 19.3 Å². The zero-order valence-corrected chi connectivity index (χ0v) is 20.7. The maximum atomic E-state index is 14.0. The second-order valence-electron chi connectivity index (χ2n) is 8.90. The van der Waals surface area contributed by atoms with Crippen molar-refractivity contribution in [3.05, 3.63) is 93.2 Å². The third-order valence-electron chi connectivity index (χ3n) is 6.37. The van der Waals surface area contributed by atoms with Crippen molar-refractivity contribution in [2.24, 2.45) is 0 Å². The summed E-state index contributed by atoms with van der Waals surface area (Å²) in [5.74, 6) is -0.725. The van der Waals surface area contributed by atoms with Crippen molar-refractivity contribution in [3.8, 4) is 11.3 Å². The summed E-state index contributed by atoms with van der Waals surface area (Å²) < 4.78 is 19.3. The molecule has 184 valence electrons. The average molecular weight is 504 g/mol. The zero-order valence-electron chi connectivity index (χ0n) is 19.9. The molecule has 0 saturated heterocycles. The number of rotatable bonds is 7. The first-order valence-electron chi connectivity index (χ1n) is 12.0. The third kappa shape index (κ3) is 5.09. The van der Waals surface area contributed by atoms with Gasteiger partial charge in [-0.05, 0) is 61.8 Å². The minimum atomic E-state index is -0.477. The van der Waals surface area contributed by atoms with Crippen LogP contribution in [0, 0.1) is 12.7 Å². The fourth-order valence-corrected chi connectivity index (χ4v) is 5.66. The summed E-state index contributed by atoms with van der Waals surface area (Å²) in [7, 11) is 0. The molecule has 0 bridgehead atoms. The molecule has 0 unspecified atom stereocenters. The smallest absolute Gasteiger partial charge is 0.278 e. The van der Waals surface area contributed by atoms with E-state index in [0.29, 0.717) is 34.0 Å². The normalized spacial score (nSPS) is 12.7. The molecule has 36 heavy (non-hydrogen) atoms. The highest BCUT2D eigenvalue weighted by Gasteiger charge is 2.27. The lowest BCUT2D eigenvalue weighted by Crippen LogP contribution is -2.27. The third-order valence-corrected chi connectivity index (χ3v) is 7.57. The predicted octanol–water partition coefficient (Wildman–Crippen LogP) is 5.95. The number of carbonyl (C=O) groups is 2. The molecule has 1 aliphatic carbocycles. The van der Waals surface area contributed by atoms with E-state index in [1.165, 1.54) is 23.5 Å². The van der Waals surface area contributed by atoms with E-state index in [0.717, 1.165) is 48.1 Å². The van der Waals surface area contributed by atoms with Gasteiger partial charge >= 0.3 is 0 Å². The number of halogens is 1. The summed E-state index contributed by atoms with van der Waals surface area (Å²) in [4.78, 5) is 27.4. The minimum absolute atomic E-state index is 0.0628. The molecule has 0 radical (unpaired) electrons. The van der Waals surface area contributed by atoms with E-state index in [2.05, 4.69) is 15.8 Å². The van der Waals surface area contributed by atoms with Crippen LogP contribution >= 0.6 is 11.3 Å². The predicted molar refractivity (Wildman–Crippen MR) is 138 cm³/mol. The van der Waals surface area contributed by atoms with Gasteiger partial charge in [0.25, 0.3) is 11.8 Å². The number of benzene rings is 2. The van der Waals surface area contributed by atoms with E-state index in [-0.39, 0.29) is 17.4 Å². The summed E-state index contributed by atoms with van der Waals surface area (Å²) in [5.41, 5.74) is 3.79. The van der Waals surface area contributed by atoms with E-state index in [1.807, 2.05) is 30.3 Å². The van der Waals surface area contributed by atoms with E-state index < -0.39 is 5.91 Å². The molecule has 8 heteroatoms. The zero-order chi connectivity index (χ0) is 25.1. The lowest BCUT2D eigenvalue weighted by atomic mass is 9.95. The van der Waals surface area contributed by atoms with Gasteiger partial charge in [-0.1, -0.05) is 47.6 Å². The topological polar surface area (TPSA) is 84.2 Å². The molecule has 0 atom stereocenters. The van der Waals surface area contributed by atoms with E-state index in [9.17, 15) is 14.0 Å². The Hall–Kier alpha value is -3.78. The Kier molecular flexibility index (Phi) is 6.95. The number of fused-ring (bicyclic) bond motifs is 1. The van der Waals surface area contributed by atoms with Gasteiger partial charge in [-0.2, -0.15) is 0 Å². The van der Waals surface area contributed by atoms with Crippen LogP contribution in [0.5, 0.6) is 0 Å². The van der Waals surface area contributed by atoms with Crippen LogP contribution in [-0.4, -0.2) is 23.5 Å². The van der Waals surface area contributed by atoms with Crippen LogP contribution in [0.25, 0.3) is 11.3 Å². The van der Waals surface area contributed by atoms with Crippen LogP contribution in [0.4, 0.5) is 9.39 Å². The van der Waals surface area contributed by atoms with Crippen molar-refractivity contribution in [2.45, 2.75) is 39.0 Å². The van der Waals surface area contributed by atoms with Crippen molar-refractivity contribution < 1.29 is 18.5 Å². The number of anilines is 1. The molecule has 5 rings (SSSR count). The highest BCUT2D eigenvalue weighted by Crippen LogP contribution is 2.38. The highest BCUT2D eigenvalue weighted by atomic mass is 32.1. The number of nitrogens with zero attached hydrogens (tertiary/aromatic N) is 1. The van der Waals surface area contributed by atoms with E-state index in [4.69, 9.17) is 4.52 Å². The first-order valence-corrected chi connectivity index (χ1v) is 12.8. The summed E-state index contributed by atoms with van der Waals surface area (Å²) in [6.45, 7) is 2.18. The lowest BCUT2D eigenvalue weighted by molar-refractivity contribution is 0.0954. The number of carbonyl (C=O) groups excluding carboxylic acids is 2. The van der Waals surface area contributed by atoms with Crippen molar-refractivity contribution in [3.63, 3.8) is 0 Å². The Morgan fingerprint density at radius 2 is 1.86 bits per heavy atom. The summed E-state index contributed by atoms with van der Waals surface area (Å²) in [6, 6.07) is 16.2. The second kappa shape index (κ2) is 10.5. The number of aryl methyl sites for hydroxylation is 2. The van der Waals surface area contributed by atoms with Crippen LogP contribution in [0.2, 0.25) is 0 Å². The van der Waals surface area contributed by atoms with E-state index >= 15 is 0 Å². The van der Waals surface area contributed by atoms with Crippen LogP contribution in [0.3, 0.4) is 0 Å². The molecular weight excluding hydrogens is 477 g/mol. The molecular formula is C28H26FN3O3S. The molecule has 2 N–H and O–H groups in total. The molecule has 2 aromatic heterocycles. The maximum absolute atomic E-state index is 14.0. The fourth-order valence-electron chi connectivity index (χ4n) is 4.38. The summed E-state index contributed by atoms with van der Waals surface area (Å²) in [6.07, 6.45) is 4.52. The van der Waals surface area contributed by atoms with Crippen molar-refractivity contribution >= 4 is 28.2 Å². The number of hydrogen-bond donors (Lipinski definition) is 2. The Labute approximate surface area is 212 Å². The molecule has 0 saturated carbocycles. The van der Waals surface area contributed by atoms with Gasteiger partial charge in [0.1, 0.15) is 10.8 Å². The summed E-state index contributed by atoms with van der Waals surface area (Å²) in [5, 5.41) is 10.3. The molecule has 0 aliphatic heterocycles. The van der Waals surface area contributed by atoms with Gasteiger partial charge < -0.3 is 15.2 Å². The first-order chi connectivity index (χ1) is 17.5. The Morgan fingerprint density at radius 1 is 1.06 bits per heavy atom. The maximum Gasteiger partial charge on any atom is 0.278 e. The Morgan fingerprint density at radius 3 is 2.67 bits per heavy atom. The van der Waals surface area contributed by atoms with Crippen molar-refractivity contribution in [1.29, 1.82) is 0 Å². The van der Waals surface area contributed by atoms with Crippen LogP contribution < -0.4 is 10.6 Å². The number of thiophene rings is 1. The molecule has 0 fully saturated rings. The van der Waals surface area contributed by atoms with Gasteiger partial charge in [0.05, 0.1) is 5.56 Å². The molecule has 4 aromatic rings. The molecule has 1 aliphatic rings. The SMILES string of the molecule is Cc1ccc(-c2cc(C(=O)Nc3sc4c(c3C(=O)NCCc3ccccc3)CCCC4)no2)cc1F. The second-order valence-corrected chi connectivity index (χ2v) is 10.0. The van der Waals surface area contributed by atoms with Crippen LogP contribution in [0.15, 0.2) is 59.1 Å². The first kappa shape index (κ1) is 23.9. The standard InChI is InChI=1S/C28H26FN3O3S/c1-17-11-12-19(15-21(17)29)23-16-22(32-35-23)26(33)31-28-25(20-9-5-6-10-24(20)36-28)27(34)30-14-13-18-7-3-2-4-8-18/h2-4,7-8,11-12,15-16H,5-6,9-10,13-14H2,1H3,(H,30,34)(H,31,33). The van der Waals surface area contributed by atoms with Crippen LogP contribution in [0.1, 0.15) is 55.3 Å². The van der Waals surface area contributed by atoms with Gasteiger partial charge in [-0.3, -0.25) is 9.59 Å². The number of nitrogens with one attached hydrogen (secondary N) is 2. The van der Waals surface area contributed by atoms with Crippen molar-refractivity contribution in [1.82, 2.24) is 10.5 Å². The summed E-state index contributed by atoms with van der Waals surface area (Å²) >= 11 is 1.45. The number of amides is 2. The largest absolute Gasteiger partial charge is 0.355 e. The Bertz CT molecular complexity index is 1410. The van der Waals surface area contributed by atoms with Gasteiger partial charge in [0, 0.05) is 23.1 Å². The van der Waals surface area contributed by atoms with Gasteiger partial charge in [0.2, 0.25) is 0 Å².